The number of ether oxygens (including phenoxy) is 1. The van der Waals surface area contributed by atoms with Crippen molar-refractivity contribution >= 4 is 5.97 Å². The monoisotopic (exact) mass is 522 g/mol. The number of hydrogen-bond acceptors (Lipinski definition) is 3. The van der Waals surface area contributed by atoms with Crippen molar-refractivity contribution in [2.75, 3.05) is 13.2 Å². The van der Waals surface area contributed by atoms with Crippen LogP contribution in [0.2, 0.25) is 0 Å². The molecule has 0 amide bonds. The number of aliphatic hydroxyl groups excluding tert-OH is 1. The molecule has 0 heterocycles. The van der Waals surface area contributed by atoms with Crippen LogP contribution in [0.4, 0.5) is 4.39 Å². The number of halogens is 1. The van der Waals surface area contributed by atoms with E-state index in [4.69, 9.17) is 4.74 Å². The Hall–Kier alpha value is -2.20. The molecule has 2 aromatic carbocycles. The largest absolute Gasteiger partial charge is 0.465 e. The van der Waals surface area contributed by atoms with Crippen LogP contribution in [-0.4, -0.2) is 24.3 Å². The molecule has 4 rings (SSSR count). The third kappa shape index (κ3) is 7.46. The maximum atomic E-state index is 15.4. The van der Waals surface area contributed by atoms with Gasteiger partial charge in [0.25, 0.3) is 0 Å². The van der Waals surface area contributed by atoms with Crippen molar-refractivity contribution in [3.63, 3.8) is 0 Å². The zero-order valence-corrected chi connectivity index (χ0v) is 23.7. The van der Waals surface area contributed by atoms with Crippen LogP contribution in [0.5, 0.6) is 0 Å². The van der Waals surface area contributed by atoms with Crippen molar-refractivity contribution in [1.82, 2.24) is 0 Å². The summed E-state index contributed by atoms with van der Waals surface area (Å²) < 4.78 is 20.9. The summed E-state index contributed by atoms with van der Waals surface area (Å²) in [5.41, 5.74) is 4.25. The minimum Gasteiger partial charge on any atom is -0.465 e. The van der Waals surface area contributed by atoms with Crippen molar-refractivity contribution in [3.05, 3.63) is 58.9 Å². The van der Waals surface area contributed by atoms with Gasteiger partial charge in [0, 0.05) is 12.2 Å². The molecule has 0 aromatic heterocycles. The van der Waals surface area contributed by atoms with Gasteiger partial charge in [-0.2, -0.15) is 0 Å². The third-order valence-electron chi connectivity index (χ3n) is 8.89. The summed E-state index contributed by atoms with van der Waals surface area (Å²) in [5, 5.41) is 9.52. The fourth-order valence-corrected chi connectivity index (χ4v) is 6.58. The molecule has 2 aliphatic carbocycles. The smallest absolute Gasteiger partial charge is 0.311 e. The van der Waals surface area contributed by atoms with E-state index < -0.39 is 5.41 Å². The quantitative estimate of drug-likeness (QED) is 0.266. The Kier molecular flexibility index (Phi) is 10.0. The van der Waals surface area contributed by atoms with E-state index >= 15 is 4.39 Å². The molecule has 2 saturated carbocycles. The molecule has 4 heteroatoms. The Balaban J connectivity index is 1.40. The van der Waals surface area contributed by atoms with E-state index in [1.54, 1.807) is 6.07 Å². The van der Waals surface area contributed by atoms with Crippen LogP contribution >= 0.6 is 0 Å². The maximum Gasteiger partial charge on any atom is 0.311 e. The van der Waals surface area contributed by atoms with Gasteiger partial charge in [-0.1, -0.05) is 62.4 Å². The number of benzene rings is 2. The molecule has 0 unspecified atom stereocenters. The van der Waals surface area contributed by atoms with Crippen LogP contribution in [0.25, 0.3) is 11.1 Å². The van der Waals surface area contributed by atoms with Crippen molar-refractivity contribution in [3.8, 4) is 11.1 Å². The summed E-state index contributed by atoms with van der Waals surface area (Å²) in [6.07, 6.45) is 14.0. The van der Waals surface area contributed by atoms with E-state index in [-0.39, 0.29) is 18.4 Å². The lowest BCUT2D eigenvalue weighted by molar-refractivity contribution is -0.153. The van der Waals surface area contributed by atoms with Crippen molar-refractivity contribution in [1.29, 1.82) is 0 Å². The predicted molar refractivity (Wildman–Crippen MR) is 153 cm³/mol. The zero-order chi connectivity index (χ0) is 27.1. The van der Waals surface area contributed by atoms with E-state index in [2.05, 4.69) is 6.07 Å². The highest BCUT2D eigenvalue weighted by Crippen LogP contribution is 2.43. The molecule has 0 radical (unpaired) electrons. The minimum absolute atomic E-state index is 0.0669. The van der Waals surface area contributed by atoms with E-state index in [0.717, 1.165) is 34.1 Å². The van der Waals surface area contributed by atoms with Gasteiger partial charge in [0.05, 0.1) is 12.0 Å². The van der Waals surface area contributed by atoms with Gasteiger partial charge in [0.15, 0.2) is 0 Å². The number of aryl methyl sites for hydroxylation is 1. The fraction of sp³-hybridized carbons (Fsp3) is 0.618. The highest BCUT2D eigenvalue weighted by atomic mass is 19.1. The van der Waals surface area contributed by atoms with Crippen LogP contribution in [0.1, 0.15) is 108 Å². The summed E-state index contributed by atoms with van der Waals surface area (Å²) in [4.78, 5) is 12.1. The first-order valence-corrected chi connectivity index (χ1v) is 15.0. The average molecular weight is 523 g/mol. The first-order chi connectivity index (χ1) is 18.3. The van der Waals surface area contributed by atoms with Gasteiger partial charge < -0.3 is 9.84 Å². The number of hydrogen-bond donors (Lipinski definition) is 1. The zero-order valence-electron chi connectivity index (χ0n) is 23.7. The Bertz CT molecular complexity index is 1060. The number of rotatable bonds is 9. The van der Waals surface area contributed by atoms with Gasteiger partial charge in [0.1, 0.15) is 5.82 Å². The molecule has 0 spiro atoms. The molecule has 38 heavy (non-hydrogen) atoms. The topological polar surface area (TPSA) is 46.5 Å². The van der Waals surface area contributed by atoms with Gasteiger partial charge in [-0.3, -0.25) is 4.79 Å². The van der Waals surface area contributed by atoms with Crippen LogP contribution in [0.3, 0.4) is 0 Å². The lowest BCUT2D eigenvalue weighted by Gasteiger charge is -2.36. The molecule has 3 nitrogen and oxygen atoms in total. The first kappa shape index (κ1) is 28.8. The normalized spacial score (nSPS) is 20.9. The molecule has 0 aliphatic heterocycles. The van der Waals surface area contributed by atoms with Crippen molar-refractivity contribution in [2.45, 2.75) is 104 Å². The number of esters is 1. The lowest BCUT2D eigenvalue weighted by atomic mass is 9.70. The van der Waals surface area contributed by atoms with Crippen LogP contribution in [0.15, 0.2) is 36.4 Å². The fourth-order valence-electron chi connectivity index (χ4n) is 6.58. The summed E-state index contributed by atoms with van der Waals surface area (Å²) in [6, 6.07) is 11.9. The molecular formula is C34H47FO3. The van der Waals surface area contributed by atoms with Crippen molar-refractivity contribution < 1.29 is 19.0 Å². The molecule has 208 valence electrons. The second kappa shape index (κ2) is 13.2. The molecule has 0 atom stereocenters. The molecule has 2 aliphatic rings. The van der Waals surface area contributed by atoms with Gasteiger partial charge in [0.2, 0.25) is 0 Å². The maximum absolute atomic E-state index is 15.4. The summed E-state index contributed by atoms with van der Waals surface area (Å²) in [7, 11) is 0. The van der Waals surface area contributed by atoms with Gasteiger partial charge in [-0.05, 0) is 112 Å². The van der Waals surface area contributed by atoms with Crippen LogP contribution in [0, 0.1) is 23.1 Å². The molecule has 2 fully saturated rings. The summed E-state index contributed by atoms with van der Waals surface area (Å²) in [6.45, 7) is 5.96. The predicted octanol–water partition coefficient (Wildman–Crippen LogP) is 8.40. The van der Waals surface area contributed by atoms with Crippen molar-refractivity contribution in [2.24, 2.45) is 17.3 Å². The summed E-state index contributed by atoms with van der Waals surface area (Å²) in [5.74, 6) is 1.92. The second-order valence-corrected chi connectivity index (χ2v) is 12.7. The molecule has 0 bridgehead atoms. The van der Waals surface area contributed by atoms with E-state index in [9.17, 15) is 9.90 Å². The first-order valence-electron chi connectivity index (χ1n) is 15.0. The molecular weight excluding hydrogens is 475 g/mol. The van der Waals surface area contributed by atoms with Crippen LogP contribution < -0.4 is 0 Å². The Morgan fingerprint density at radius 3 is 2.26 bits per heavy atom. The Labute approximate surface area is 229 Å². The SMILES string of the molecule is CC(C)(C)C(=O)OCCCc1cc(-c2ccc(C3CCC(C4CCCCC4)CC3)cc2F)ccc1CCO. The van der Waals surface area contributed by atoms with Gasteiger partial charge >= 0.3 is 5.97 Å². The van der Waals surface area contributed by atoms with E-state index in [0.29, 0.717) is 37.4 Å². The Morgan fingerprint density at radius 1 is 0.895 bits per heavy atom. The molecule has 1 N–H and O–H groups in total. The number of carbonyl (C=O) groups excluding carboxylic acids is 1. The number of carbonyl (C=O) groups is 1. The third-order valence-corrected chi connectivity index (χ3v) is 8.89. The number of aliphatic hydroxyl groups is 1. The van der Waals surface area contributed by atoms with Gasteiger partial charge in [-0.15, -0.1) is 0 Å². The highest BCUT2D eigenvalue weighted by molar-refractivity contribution is 5.75. The Morgan fingerprint density at radius 2 is 1.61 bits per heavy atom. The lowest BCUT2D eigenvalue weighted by Crippen LogP contribution is -2.23. The standard InChI is InChI=1S/C34H47FO3/c1-34(2,3)33(37)38-21-7-10-28-22-30(16-15-27(28)19-20-36)31-18-17-29(23-32(31)35)26-13-11-25(12-14-26)24-8-5-4-6-9-24/h15-18,22-26,36H,4-14,19-21H2,1-3H3. The van der Waals surface area contributed by atoms with E-state index in [1.165, 1.54) is 57.8 Å². The van der Waals surface area contributed by atoms with Crippen LogP contribution in [-0.2, 0) is 22.4 Å². The second-order valence-electron chi connectivity index (χ2n) is 12.7. The molecule has 2 aromatic rings. The van der Waals surface area contributed by atoms with E-state index in [1.807, 2.05) is 45.0 Å². The minimum atomic E-state index is -0.514. The average Bonchev–Trinajstić information content (AvgIpc) is 2.92. The summed E-state index contributed by atoms with van der Waals surface area (Å²) >= 11 is 0. The highest BCUT2D eigenvalue weighted by Gasteiger charge is 2.29. The molecule has 0 saturated heterocycles. The van der Waals surface area contributed by atoms with Gasteiger partial charge in [-0.25, -0.2) is 4.39 Å².